The molecule has 0 fully saturated rings. The minimum atomic E-state index is -0.349. The van der Waals surface area contributed by atoms with Crippen LogP contribution in [0.4, 0.5) is 4.39 Å². The summed E-state index contributed by atoms with van der Waals surface area (Å²) in [6.45, 7) is 1.68. The van der Waals surface area contributed by atoms with Crippen LogP contribution in [0.1, 0.15) is 5.89 Å². The summed E-state index contributed by atoms with van der Waals surface area (Å²) in [4.78, 5) is 0. The zero-order chi connectivity index (χ0) is 10.1. The number of halogens is 2. The van der Waals surface area contributed by atoms with Gasteiger partial charge in [0, 0.05) is 6.92 Å². The van der Waals surface area contributed by atoms with Gasteiger partial charge in [0.25, 0.3) is 0 Å². The molecule has 2 aromatic rings. The first-order valence-corrected chi connectivity index (χ1v) is 4.72. The Hall–Kier alpha value is -1.23. The highest BCUT2D eigenvalue weighted by Gasteiger charge is 2.12. The van der Waals surface area contributed by atoms with Gasteiger partial charge in [-0.25, -0.2) is 4.39 Å². The predicted octanol–water partition coefficient (Wildman–Crippen LogP) is 2.95. The first kappa shape index (κ1) is 9.33. The summed E-state index contributed by atoms with van der Waals surface area (Å²) in [7, 11) is 0. The van der Waals surface area contributed by atoms with E-state index in [4.69, 9.17) is 4.42 Å². The summed E-state index contributed by atoms with van der Waals surface area (Å²) < 4.78 is 18.7. The van der Waals surface area contributed by atoms with Gasteiger partial charge in [-0.3, -0.25) is 0 Å². The molecule has 3 nitrogen and oxygen atoms in total. The molecule has 0 aliphatic rings. The zero-order valence-electron chi connectivity index (χ0n) is 7.29. The molecule has 2 rings (SSSR count). The van der Waals surface area contributed by atoms with Gasteiger partial charge in [-0.2, -0.15) is 0 Å². The number of rotatable bonds is 1. The molecular weight excluding hydrogens is 251 g/mol. The van der Waals surface area contributed by atoms with E-state index in [2.05, 4.69) is 26.1 Å². The maximum atomic E-state index is 13.1. The summed E-state index contributed by atoms with van der Waals surface area (Å²) >= 11 is 3.12. The quantitative estimate of drug-likeness (QED) is 0.788. The molecule has 0 aliphatic heterocycles. The lowest BCUT2D eigenvalue weighted by molar-refractivity contribution is 0.531. The molecule has 1 aromatic heterocycles. The summed E-state index contributed by atoms with van der Waals surface area (Å²) in [5.74, 6) is 0.420. The molecular formula is C9H6BrFN2O. The van der Waals surface area contributed by atoms with Gasteiger partial charge < -0.3 is 4.42 Å². The van der Waals surface area contributed by atoms with Crippen LogP contribution in [0.5, 0.6) is 0 Å². The fraction of sp³-hybridized carbons (Fsp3) is 0.111. The molecule has 0 saturated carbocycles. The van der Waals surface area contributed by atoms with Crippen molar-refractivity contribution in [2.45, 2.75) is 6.92 Å². The smallest absolute Gasteiger partial charge is 0.248 e. The Morgan fingerprint density at radius 3 is 2.79 bits per heavy atom. The Balaban J connectivity index is 2.57. The molecule has 0 atom stereocenters. The average Bonchev–Trinajstić information content (AvgIpc) is 2.57. The van der Waals surface area contributed by atoms with Gasteiger partial charge in [-0.15, -0.1) is 10.2 Å². The zero-order valence-corrected chi connectivity index (χ0v) is 8.88. The van der Waals surface area contributed by atoms with Crippen LogP contribution in [-0.2, 0) is 0 Å². The molecule has 1 aromatic carbocycles. The van der Waals surface area contributed by atoms with E-state index in [-0.39, 0.29) is 5.82 Å². The summed E-state index contributed by atoms with van der Waals surface area (Å²) in [6, 6.07) is 4.66. The van der Waals surface area contributed by atoms with Crippen LogP contribution in [0.3, 0.4) is 0 Å². The maximum Gasteiger partial charge on any atom is 0.248 e. The minimum Gasteiger partial charge on any atom is -0.421 e. The topological polar surface area (TPSA) is 38.9 Å². The third-order valence-electron chi connectivity index (χ3n) is 1.71. The third-order valence-corrected chi connectivity index (χ3v) is 2.51. The minimum absolute atomic E-state index is 0.314. The van der Waals surface area contributed by atoms with Gasteiger partial charge in [0.2, 0.25) is 11.8 Å². The number of hydrogen-bond acceptors (Lipinski definition) is 3. The van der Waals surface area contributed by atoms with Crippen LogP contribution in [0.25, 0.3) is 11.5 Å². The predicted molar refractivity (Wildman–Crippen MR) is 52.1 cm³/mol. The molecule has 0 bridgehead atoms. The van der Waals surface area contributed by atoms with Gasteiger partial charge in [-0.05, 0) is 28.1 Å². The van der Waals surface area contributed by atoms with E-state index >= 15 is 0 Å². The third kappa shape index (κ3) is 1.55. The molecule has 0 unspecified atom stereocenters. The second-order valence-corrected chi connectivity index (χ2v) is 3.52. The van der Waals surface area contributed by atoms with E-state index in [9.17, 15) is 4.39 Å². The summed E-state index contributed by atoms with van der Waals surface area (Å²) in [6.07, 6.45) is 0. The van der Waals surface area contributed by atoms with E-state index in [0.717, 1.165) is 0 Å². The number of nitrogens with zero attached hydrogens (tertiary/aromatic N) is 2. The van der Waals surface area contributed by atoms with Gasteiger partial charge in [-0.1, -0.05) is 6.07 Å². The van der Waals surface area contributed by atoms with Crippen LogP contribution < -0.4 is 0 Å². The molecule has 72 valence electrons. The molecule has 0 radical (unpaired) electrons. The van der Waals surface area contributed by atoms with Crippen molar-refractivity contribution in [3.05, 3.63) is 34.4 Å². The van der Waals surface area contributed by atoms with Crippen LogP contribution in [0.15, 0.2) is 27.1 Å². The van der Waals surface area contributed by atoms with E-state index in [1.165, 1.54) is 6.07 Å². The van der Waals surface area contributed by atoms with Crippen molar-refractivity contribution in [2.24, 2.45) is 0 Å². The molecule has 5 heteroatoms. The van der Waals surface area contributed by atoms with Gasteiger partial charge in [0.15, 0.2) is 0 Å². The molecule has 14 heavy (non-hydrogen) atoms. The van der Waals surface area contributed by atoms with Crippen molar-refractivity contribution in [1.82, 2.24) is 10.2 Å². The van der Waals surface area contributed by atoms with Gasteiger partial charge in [0.05, 0.1) is 10.0 Å². The Morgan fingerprint density at radius 1 is 1.36 bits per heavy atom. The first-order valence-electron chi connectivity index (χ1n) is 3.93. The van der Waals surface area contributed by atoms with E-state index < -0.39 is 0 Å². The van der Waals surface area contributed by atoms with Gasteiger partial charge >= 0.3 is 0 Å². The van der Waals surface area contributed by atoms with Crippen LogP contribution >= 0.6 is 15.9 Å². The molecule has 0 spiro atoms. The lowest BCUT2D eigenvalue weighted by atomic mass is 10.2. The van der Waals surface area contributed by atoms with Gasteiger partial charge in [0.1, 0.15) is 5.82 Å². The fourth-order valence-electron chi connectivity index (χ4n) is 1.07. The molecule has 0 N–H and O–H groups in total. The Labute approximate surface area is 88.1 Å². The number of hydrogen-bond donors (Lipinski definition) is 0. The first-order chi connectivity index (χ1) is 6.68. The Morgan fingerprint density at radius 2 is 2.14 bits per heavy atom. The van der Waals surface area contributed by atoms with Crippen molar-refractivity contribution in [3.63, 3.8) is 0 Å². The van der Waals surface area contributed by atoms with Crippen LogP contribution in [0, 0.1) is 12.7 Å². The standard InChI is InChI=1S/C9H6BrFN2O/c1-5-12-13-9(14-5)6-3-2-4-7(11)8(6)10/h2-4H,1H3. The van der Waals surface area contributed by atoms with E-state index in [0.29, 0.717) is 21.8 Å². The molecule has 0 aliphatic carbocycles. The van der Waals surface area contributed by atoms with Crippen molar-refractivity contribution in [3.8, 4) is 11.5 Å². The summed E-state index contributed by atoms with van der Waals surface area (Å²) in [5, 5.41) is 7.48. The maximum absolute atomic E-state index is 13.1. The highest BCUT2D eigenvalue weighted by Crippen LogP contribution is 2.28. The molecule has 1 heterocycles. The van der Waals surface area contributed by atoms with Crippen LogP contribution in [-0.4, -0.2) is 10.2 Å². The van der Waals surface area contributed by atoms with Crippen molar-refractivity contribution in [2.75, 3.05) is 0 Å². The number of aromatic nitrogens is 2. The lowest BCUT2D eigenvalue weighted by Crippen LogP contribution is -1.83. The largest absolute Gasteiger partial charge is 0.421 e. The normalized spacial score (nSPS) is 10.5. The van der Waals surface area contributed by atoms with E-state index in [1.807, 2.05) is 0 Å². The second-order valence-electron chi connectivity index (χ2n) is 2.73. The van der Waals surface area contributed by atoms with Crippen molar-refractivity contribution in [1.29, 1.82) is 0 Å². The summed E-state index contributed by atoms with van der Waals surface area (Å²) in [5.41, 5.74) is 0.561. The molecule has 0 amide bonds. The number of benzene rings is 1. The Bertz CT molecular complexity index is 470. The average molecular weight is 257 g/mol. The van der Waals surface area contributed by atoms with Crippen molar-refractivity contribution >= 4 is 15.9 Å². The fourth-order valence-corrected chi connectivity index (χ4v) is 1.51. The van der Waals surface area contributed by atoms with E-state index in [1.54, 1.807) is 19.1 Å². The van der Waals surface area contributed by atoms with Crippen LogP contribution in [0.2, 0.25) is 0 Å². The Kier molecular flexibility index (Phi) is 2.33. The SMILES string of the molecule is Cc1nnc(-c2cccc(F)c2Br)o1. The lowest BCUT2D eigenvalue weighted by Gasteiger charge is -1.98. The highest BCUT2D eigenvalue weighted by atomic mass is 79.9. The number of aryl methyl sites for hydroxylation is 1. The molecule has 0 saturated heterocycles. The van der Waals surface area contributed by atoms with Crippen molar-refractivity contribution < 1.29 is 8.81 Å². The second kappa shape index (κ2) is 3.49. The highest BCUT2D eigenvalue weighted by molar-refractivity contribution is 9.10. The monoisotopic (exact) mass is 256 g/mol.